The summed E-state index contributed by atoms with van der Waals surface area (Å²) in [6.45, 7) is 3.72. The summed E-state index contributed by atoms with van der Waals surface area (Å²) in [5, 5.41) is 5.09. The van der Waals surface area contributed by atoms with Crippen LogP contribution < -0.4 is 10.2 Å². The first-order valence-electron chi connectivity index (χ1n) is 12.1. The number of carbonyl (C=O) groups excluding carboxylic acids is 2. The van der Waals surface area contributed by atoms with Crippen LogP contribution in [0.4, 0.5) is 16.2 Å². The van der Waals surface area contributed by atoms with E-state index in [4.69, 9.17) is 9.15 Å². The number of ether oxygens (including phenoxy) is 1. The van der Waals surface area contributed by atoms with Crippen molar-refractivity contribution >= 4 is 57.7 Å². The van der Waals surface area contributed by atoms with Crippen LogP contribution in [0.1, 0.15) is 25.3 Å². The van der Waals surface area contributed by atoms with E-state index >= 15 is 0 Å². The quantitative estimate of drug-likeness (QED) is 0.370. The third kappa shape index (κ3) is 4.29. The standard InChI is InChI=1S/C28H27N3O4.ClH/c1-18(27(32)29-20-10-11-26-23(16-20)22-7-3-5-9-25(22)35-26)30-14-12-21(13-15-30)31-24-8-4-2-6-19(24)17-34-28(31)33;/h2-11,16,18,21H,12-15,17H2,1H3,(H,29,32);1H. The molecule has 2 amide bonds. The highest BCUT2D eigenvalue weighted by Gasteiger charge is 2.35. The summed E-state index contributed by atoms with van der Waals surface area (Å²) in [7, 11) is 0. The minimum atomic E-state index is -0.284. The fraction of sp³-hybridized carbons (Fsp3) is 0.286. The zero-order chi connectivity index (χ0) is 23.9. The molecule has 4 aromatic rings. The molecule has 36 heavy (non-hydrogen) atoms. The molecule has 0 bridgehead atoms. The molecule has 1 unspecified atom stereocenters. The Bertz CT molecular complexity index is 1430. The lowest BCUT2D eigenvalue weighted by atomic mass is 9.99. The van der Waals surface area contributed by atoms with E-state index in [0.29, 0.717) is 6.61 Å². The molecule has 6 rings (SSSR count). The number of anilines is 2. The summed E-state index contributed by atoms with van der Waals surface area (Å²) in [6.07, 6.45) is 1.29. The Morgan fingerprint density at radius 1 is 0.972 bits per heavy atom. The van der Waals surface area contributed by atoms with Gasteiger partial charge in [-0.15, -0.1) is 12.4 Å². The first-order valence-corrected chi connectivity index (χ1v) is 12.1. The topological polar surface area (TPSA) is 75.0 Å². The molecule has 0 aliphatic carbocycles. The highest BCUT2D eigenvalue weighted by atomic mass is 35.5. The number of furan rings is 1. The number of nitrogens with zero attached hydrogens (tertiary/aromatic N) is 2. The Morgan fingerprint density at radius 2 is 1.69 bits per heavy atom. The predicted molar refractivity (Wildman–Crippen MR) is 143 cm³/mol. The van der Waals surface area contributed by atoms with Crippen LogP contribution in [0.5, 0.6) is 0 Å². The van der Waals surface area contributed by atoms with Crippen LogP contribution in [0.2, 0.25) is 0 Å². The van der Waals surface area contributed by atoms with Gasteiger partial charge in [0.25, 0.3) is 0 Å². The number of likely N-dealkylation sites (tertiary alicyclic amines) is 1. The fourth-order valence-corrected chi connectivity index (χ4v) is 5.27. The Hall–Kier alpha value is -3.55. The number of hydrogen-bond donors (Lipinski definition) is 1. The molecule has 3 aromatic carbocycles. The van der Waals surface area contributed by atoms with Gasteiger partial charge in [0.1, 0.15) is 17.8 Å². The summed E-state index contributed by atoms with van der Waals surface area (Å²) in [6, 6.07) is 21.3. The number of benzene rings is 3. The normalized spacial score (nSPS) is 17.4. The first kappa shape index (κ1) is 24.2. The van der Waals surface area contributed by atoms with E-state index in [1.54, 1.807) is 4.90 Å². The molecule has 186 valence electrons. The minimum absolute atomic E-state index is 0. The molecule has 1 aromatic heterocycles. The van der Waals surface area contributed by atoms with Crippen molar-refractivity contribution in [2.45, 2.75) is 38.5 Å². The van der Waals surface area contributed by atoms with Crippen LogP contribution in [0.25, 0.3) is 21.9 Å². The monoisotopic (exact) mass is 505 g/mol. The first-order chi connectivity index (χ1) is 17.1. The number of cyclic esters (lactones) is 1. The maximum atomic E-state index is 13.1. The van der Waals surface area contributed by atoms with Crippen molar-refractivity contribution in [2.75, 3.05) is 23.3 Å². The Labute approximate surface area is 215 Å². The van der Waals surface area contributed by atoms with Gasteiger partial charge in [0.15, 0.2) is 0 Å². The van der Waals surface area contributed by atoms with Crippen molar-refractivity contribution in [3.8, 4) is 0 Å². The number of rotatable bonds is 4. The van der Waals surface area contributed by atoms with Crippen LogP contribution in [-0.4, -0.2) is 42.1 Å². The second kappa shape index (κ2) is 9.84. The summed E-state index contributed by atoms with van der Waals surface area (Å²) < 4.78 is 11.3. The Balaban J connectivity index is 0.00000267. The lowest BCUT2D eigenvalue weighted by molar-refractivity contribution is -0.121. The van der Waals surface area contributed by atoms with Crippen molar-refractivity contribution in [1.82, 2.24) is 4.90 Å². The van der Waals surface area contributed by atoms with Gasteiger partial charge in [-0.25, -0.2) is 4.79 Å². The largest absolute Gasteiger partial charge is 0.456 e. The van der Waals surface area contributed by atoms with E-state index in [9.17, 15) is 9.59 Å². The number of piperidine rings is 1. The van der Waals surface area contributed by atoms with Gasteiger partial charge in [-0.1, -0.05) is 36.4 Å². The molecule has 1 N–H and O–H groups in total. The van der Waals surface area contributed by atoms with E-state index in [1.165, 1.54) is 0 Å². The smallest absolute Gasteiger partial charge is 0.414 e. The van der Waals surface area contributed by atoms with E-state index in [1.807, 2.05) is 73.7 Å². The van der Waals surface area contributed by atoms with Gasteiger partial charge in [0.05, 0.1) is 11.7 Å². The molecule has 0 radical (unpaired) electrons. The summed E-state index contributed by atoms with van der Waals surface area (Å²) in [5.74, 6) is -0.0432. The second-order valence-electron chi connectivity index (χ2n) is 9.29. The van der Waals surface area contributed by atoms with Crippen molar-refractivity contribution in [1.29, 1.82) is 0 Å². The molecule has 1 saturated heterocycles. The number of halogens is 1. The highest BCUT2D eigenvalue weighted by Crippen LogP contribution is 2.33. The van der Waals surface area contributed by atoms with E-state index in [0.717, 1.165) is 64.8 Å². The molecular formula is C28H28ClN3O4. The van der Waals surface area contributed by atoms with Gasteiger partial charge in [-0.2, -0.15) is 0 Å². The van der Waals surface area contributed by atoms with Crippen molar-refractivity contribution in [2.24, 2.45) is 0 Å². The third-order valence-corrected chi connectivity index (χ3v) is 7.23. The number of amides is 2. The van der Waals surface area contributed by atoms with Crippen LogP contribution in [0.15, 0.2) is 71.1 Å². The van der Waals surface area contributed by atoms with Gasteiger partial charge in [0.2, 0.25) is 5.91 Å². The van der Waals surface area contributed by atoms with Gasteiger partial charge >= 0.3 is 6.09 Å². The van der Waals surface area contributed by atoms with Gasteiger partial charge < -0.3 is 14.5 Å². The maximum Gasteiger partial charge on any atom is 0.414 e. The zero-order valence-electron chi connectivity index (χ0n) is 20.0. The molecule has 2 aliphatic rings. The Morgan fingerprint density at radius 3 is 2.53 bits per heavy atom. The van der Waals surface area contributed by atoms with Gasteiger partial charge in [-0.3, -0.25) is 14.6 Å². The molecule has 0 saturated carbocycles. The molecule has 0 spiro atoms. The number of fused-ring (bicyclic) bond motifs is 4. The van der Waals surface area contributed by atoms with Crippen molar-refractivity contribution in [3.63, 3.8) is 0 Å². The third-order valence-electron chi connectivity index (χ3n) is 7.23. The van der Waals surface area contributed by atoms with E-state index in [2.05, 4.69) is 10.2 Å². The number of carbonyl (C=O) groups is 2. The number of nitrogens with one attached hydrogen (secondary N) is 1. The number of hydrogen-bond acceptors (Lipinski definition) is 5. The molecule has 1 atom stereocenters. The summed E-state index contributed by atoms with van der Waals surface area (Å²) >= 11 is 0. The summed E-state index contributed by atoms with van der Waals surface area (Å²) in [4.78, 5) is 29.6. The van der Waals surface area contributed by atoms with Crippen LogP contribution in [-0.2, 0) is 16.1 Å². The van der Waals surface area contributed by atoms with Crippen LogP contribution in [0.3, 0.4) is 0 Å². The lowest BCUT2D eigenvalue weighted by Gasteiger charge is -2.41. The molecule has 7 nitrogen and oxygen atoms in total. The maximum absolute atomic E-state index is 13.1. The second-order valence-corrected chi connectivity index (χ2v) is 9.29. The number of para-hydroxylation sites is 2. The van der Waals surface area contributed by atoms with E-state index in [-0.39, 0.29) is 36.5 Å². The average Bonchev–Trinajstić information content (AvgIpc) is 3.26. The highest BCUT2D eigenvalue weighted by molar-refractivity contribution is 6.07. The van der Waals surface area contributed by atoms with Gasteiger partial charge in [-0.05, 0) is 50.1 Å². The summed E-state index contributed by atoms with van der Waals surface area (Å²) in [5.41, 5.74) is 4.36. The van der Waals surface area contributed by atoms with Crippen molar-refractivity contribution in [3.05, 3.63) is 72.3 Å². The minimum Gasteiger partial charge on any atom is -0.456 e. The van der Waals surface area contributed by atoms with Gasteiger partial charge in [0, 0.05) is 41.2 Å². The molecule has 3 heterocycles. The lowest BCUT2D eigenvalue weighted by Crippen LogP contribution is -2.52. The average molecular weight is 506 g/mol. The van der Waals surface area contributed by atoms with Crippen LogP contribution >= 0.6 is 12.4 Å². The molecular weight excluding hydrogens is 478 g/mol. The molecule has 1 fully saturated rings. The SMILES string of the molecule is CC(C(=O)Nc1ccc2oc3ccccc3c2c1)N1CCC(N2C(=O)OCc3ccccc32)CC1.Cl. The van der Waals surface area contributed by atoms with E-state index < -0.39 is 0 Å². The Kier molecular flexibility index (Phi) is 6.60. The molecule has 2 aliphatic heterocycles. The van der Waals surface area contributed by atoms with Crippen LogP contribution in [0, 0.1) is 0 Å². The predicted octanol–water partition coefficient (Wildman–Crippen LogP) is 5.96. The fourth-order valence-electron chi connectivity index (χ4n) is 5.27. The zero-order valence-corrected chi connectivity index (χ0v) is 20.8. The van der Waals surface area contributed by atoms with Crippen molar-refractivity contribution < 1.29 is 18.7 Å². The molecule has 8 heteroatoms.